The first kappa shape index (κ1) is 12.8. The summed E-state index contributed by atoms with van der Waals surface area (Å²) in [6, 6.07) is 0. The number of piperidine rings is 1. The van der Waals surface area contributed by atoms with Gasteiger partial charge in [0.25, 0.3) is 0 Å². The molecule has 3 fully saturated rings. The van der Waals surface area contributed by atoms with Crippen molar-refractivity contribution in [2.75, 3.05) is 44.3 Å². The number of rotatable bonds is 0. The van der Waals surface area contributed by atoms with E-state index in [9.17, 15) is 8.42 Å². The van der Waals surface area contributed by atoms with Crippen LogP contribution >= 0.6 is 0 Å². The Hall–Kier alpha value is -0.170. The summed E-state index contributed by atoms with van der Waals surface area (Å²) in [5, 5.41) is 0. The zero-order valence-corrected chi connectivity index (χ0v) is 11.7. The van der Waals surface area contributed by atoms with Gasteiger partial charge in [-0.25, -0.2) is 8.42 Å². The number of quaternary nitrogens is 1. The average molecular weight is 276 g/mol. The van der Waals surface area contributed by atoms with Crippen molar-refractivity contribution in [3.8, 4) is 0 Å². The molecule has 3 saturated heterocycles. The topological polar surface area (TPSA) is 52.6 Å². The predicted molar refractivity (Wildman–Crippen MR) is 66.8 cm³/mol. The van der Waals surface area contributed by atoms with Crippen molar-refractivity contribution in [1.29, 1.82) is 0 Å². The third-order valence-electron chi connectivity index (χ3n) is 4.68. The molecule has 3 rings (SSSR count). The highest BCUT2D eigenvalue weighted by Crippen LogP contribution is 2.37. The maximum atomic E-state index is 11.5. The van der Waals surface area contributed by atoms with Crippen LogP contribution in [0.1, 0.15) is 19.8 Å². The first-order chi connectivity index (χ1) is 8.43. The van der Waals surface area contributed by atoms with Gasteiger partial charge in [0.2, 0.25) is 0 Å². The second-order valence-electron chi connectivity index (χ2n) is 6.04. The molecule has 0 bridgehead atoms. The van der Waals surface area contributed by atoms with Crippen molar-refractivity contribution in [3.63, 3.8) is 0 Å². The maximum absolute atomic E-state index is 11.5. The number of hydrogen-bond donors (Lipinski definition) is 0. The van der Waals surface area contributed by atoms with E-state index in [1.807, 2.05) is 6.92 Å². The number of nitrogens with zero attached hydrogens (tertiary/aromatic N) is 1. The van der Waals surface area contributed by atoms with Gasteiger partial charge in [0.15, 0.2) is 15.6 Å². The Labute approximate surface area is 109 Å². The lowest BCUT2D eigenvalue weighted by Crippen LogP contribution is -2.62. The average Bonchev–Trinajstić information content (AvgIpc) is 2.69. The molecule has 0 aromatic rings. The normalized spacial score (nSPS) is 37.1. The molecule has 18 heavy (non-hydrogen) atoms. The van der Waals surface area contributed by atoms with E-state index in [-0.39, 0.29) is 11.9 Å². The maximum Gasteiger partial charge on any atom is 0.179 e. The van der Waals surface area contributed by atoms with Crippen molar-refractivity contribution < 1.29 is 22.4 Å². The molecule has 0 N–H and O–H groups in total. The van der Waals surface area contributed by atoms with E-state index < -0.39 is 9.84 Å². The molecule has 6 heteroatoms. The van der Waals surface area contributed by atoms with Gasteiger partial charge in [0, 0.05) is 0 Å². The third-order valence-corrected chi connectivity index (χ3v) is 6.29. The summed E-state index contributed by atoms with van der Waals surface area (Å²) in [7, 11) is -2.77. The quantitative estimate of drug-likeness (QED) is 0.591. The number of hydrogen-bond acceptors (Lipinski definition) is 4. The molecule has 3 aliphatic heterocycles. The van der Waals surface area contributed by atoms with Gasteiger partial charge in [-0.3, -0.25) is 0 Å². The molecule has 0 aromatic carbocycles. The van der Waals surface area contributed by atoms with Crippen LogP contribution < -0.4 is 0 Å². The van der Waals surface area contributed by atoms with Crippen molar-refractivity contribution in [2.24, 2.45) is 0 Å². The van der Waals surface area contributed by atoms with Crippen LogP contribution in [0.2, 0.25) is 0 Å². The number of ether oxygens (including phenoxy) is 2. The van der Waals surface area contributed by atoms with Crippen molar-refractivity contribution in [2.45, 2.75) is 31.7 Å². The highest BCUT2D eigenvalue weighted by Gasteiger charge is 2.49. The monoisotopic (exact) mass is 276 g/mol. The second kappa shape index (κ2) is 4.16. The highest BCUT2D eigenvalue weighted by molar-refractivity contribution is 7.91. The molecule has 104 valence electrons. The Morgan fingerprint density at radius 3 is 2.22 bits per heavy atom. The van der Waals surface area contributed by atoms with Crippen LogP contribution in [0.15, 0.2) is 0 Å². The molecule has 0 saturated carbocycles. The lowest BCUT2D eigenvalue weighted by atomic mass is 10.0. The fourth-order valence-electron chi connectivity index (χ4n) is 3.34. The van der Waals surface area contributed by atoms with Gasteiger partial charge in [-0.05, 0) is 6.92 Å². The van der Waals surface area contributed by atoms with Gasteiger partial charge in [-0.1, -0.05) is 0 Å². The molecule has 0 amide bonds. The Balaban J connectivity index is 1.63. The van der Waals surface area contributed by atoms with Crippen LogP contribution in [0.4, 0.5) is 0 Å². The number of sulfone groups is 1. The Kier molecular flexibility index (Phi) is 2.97. The lowest BCUT2D eigenvalue weighted by Gasteiger charge is -2.47. The van der Waals surface area contributed by atoms with Crippen molar-refractivity contribution >= 4 is 9.84 Å². The van der Waals surface area contributed by atoms with E-state index in [0.717, 1.165) is 43.5 Å². The van der Waals surface area contributed by atoms with Gasteiger partial charge in [0.1, 0.15) is 0 Å². The van der Waals surface area contributed by atoms with E-state index in [2.05, 4.69) is 0 Å². The largest absolute Gasteiger partial charge is 0.347 e. The second-order valence-corrected chi connectivity index (χ2v) is 8.34. The van der Waals surface area contributed by atoms with E-state index in [1.54, 1.807) is 0 Å². The fourth-order valence-corrected chi connectivity index (χ4v) is 4.88. The van der Waals surface area contributed by atoms with Gasteiger partial charge < -0.3 is 14.0 Å². The lowest BCUT2D eigenvalue weighted by molar-refractivity contribution is -0.932. The van der Waals surface area contributed by atoms with Crippen LogP contribution in [-0.4, -0.2) is 69.1 Å². The standard InChI is InChI=1S/C12H22NO4S/c1-11-10-16-12(17-11)2-4-13(5-3-12)6-8-18(14,15)9-7-13/h11H,2-10H2,1H3/q+1. The molecule has 0 radical (unpaired) electrons. The van der Waals surface area contributed by atoms with Crippen molar-refractivity contribution in [3.05, 3.63) is 0 Å². The van der Waals surface area contributed by atoms with E-state index in [4.69, 9.17) is 9.47 Å². The molecule has 3 heterocycles. The smallest absolute Gasteiger partial charge is 0.179 e. The van der Waals surface area contributed by atoms with Crippen LogP contribution in [0, 0.1) is 0 Å². The predicted octanol–water partition coefficient (Wildman–Crippen LogP) is 0.157. The summed E-state index contributed by atoms with van der Waals surface area (Å²) in [4.78, 5) is 0. The van der Waals surface area contributed by atoms with E-state index in [0.29, 0.717) is 18.1 Å². The molecule has 1 unspecified atom stereocenters. The fraction of sp³-hybridized carbons (Fsp3) is 1.00. The molecule has 3 aliphatic rings. The van der Waals surface area contributed by atoms with Crippen LogP contribution in [0.5, 0.6) is 0 Å². The summed E-state index contributed by atoms with van der Waals surface area (Å²) >= 11 is 0. The summed E-state index contributed by atoms with van der Waals surface area (Å²) in [6.45, 7) is 6.25. The summed E-state index contributed by atoms with van der Waals surface area (Å²) in [6.07, 6.45) is 1.99. The summed E-state index contributed by atoms with van der Waals surface area (Å²) < 4.78 is 35.7. The van der Waals surface area contributed by atoms with E-state index >= 15 is 0 Å². The van der Waals surface area contributed by atoms with Gasteiger partial charge >= 0.3 is 0 Å². The minimum Gasteiger partial charge on any atom is -0.347 e. The minimum absolute atomic E-state index is 0.193. The molecule has 0 aromatic heterocycles. The highest BCUT2D eigenvalue weighted by atomic mass is 32.2. The molecule has 1 atom stereocenters. The van der Waals surface area contributed by atoms with Gasteiger partial charge in [-0.15, -0.1) is 0 Å². The minimum atomic E-state index is -2.77. The van der Waals surface area contributed by atoms with Crippen LogP contribution in [0.25, 0.3) is 0 Å². The van der Waals surface area contributed by atoms with Gasteiger partial charge in [0.05, 0.1) is 63.2 Å². The molecule has 5 nitrogen and oxygen atoms in total. The molecular weight excluding hydrogens is 254 g/mol. The Morgan fingerprint density at radius 2 is 1.72 bits per heavy atom. The van der Waals surface area contributed by atoms with Gasteiger partial charge in [-0.2, -0.15) is 0 Å². The third kappa shape index (κ3) is 2.31. The van der Waals surface area contributed by atoms with E-state index in [1.165, 1.54) is 0 Å². The Bertz CT molecular complexity index is 409. The summed E-state index contributed by atoms with van der Waals surface area (Å²) in [5.41, 5.74) is 0. The molecule has 0 aliphatic carbocycles. The van der Waals surface area contributed by atoms with Crippen molar-refractivity contribution in [1.82, 2.24) is 0 Å². The first-order valence-corrected chi connectivity index (χ1v) is 8.62. The zero-order valence-electron chi connectivity index (χ0n) is 10.9. The molecular formula is C12H22NO4S+. The Morgan fingerprint density at radius 1 is 1.11 bits per heavy atom. The molecule has 2 spiro atoms. The SMILES string of the molecule is CC1COC2(CC[N+]3(CC2)CCS(=O)(=O)CC3)O1. The van der Waals surface area contributed by atoms with Crippen LogP contribution in [0.3, 0.4) is 0 Å². The van der Waals surface area contributed by atoms with Crippen LogP contribution in [-0.2, 0) is 19.3 Å². The summed E-state index contributed by atoms with van der Waals surface area (Å²) in [5.74, 6) is 0.329. The first-order valence-electron chi connectivity index (χ1n) is 6.80. The zero-order chi connectivity index (χ0) is 12.9.